The van der Waals surface area contributed by atoms with Crippen LogP contribution < -0.4 is 20.4 Å². The summed E-state index contributed by atoms with van der Waals surface area (Å²) in [6.07, 6.45) is 2.90. The molecule has 1 aliphatic heterocycles. The summed E-state index contributed by atoms with van der Waals surface area (Å²) in [5, 5.41) is 22.3. The Morgan fingerprint density at radius 1 is 0.851 bits per heavy atom. The van der Waals surface area contributed by atoms with E-state index < -0.39 is 16.4 Å². The number of aromatic nitrogens is 6. The predicted octanol–water partition coefficient (Wildman–Crippen LogP) is 11.3. The van der Waals surface area contributed by atoms with Crippen molar-refractivity contribution in [1.29, 1.82) is 0 Å². The number of nitrogens with one attached hydrogen (secondary N) is 1. The predicted molar refractivity (Wildman–Crippen MR) is 288 cm³/mol. The normalized spacial score (nSPS) is 15.4. The largest absolute Gasteiger partial charge is 0.473 e. The molecule has 10 nitrogen and oxygen atoms in total. The van der Waals surface area contributed by atoms with Gasteiger partial charge < -0.3 is 19.2 Å². The lowest BCUT2D eigenvalue weighted by molar-refractivity contribution is -0.0367. The summed E-state index contributed by atoms with van der Waals surface area (Å²) in [6.45, 7) is 30.6. The Morgan fingerprint density at radius 2 is 1.49 bits per heavy atom. The fourth-order valence-electron chi connectivity index (χ4n) is 10.9. The van der Waals surface area contributed by atoms with E-state index in [1.807, 2.05) is 11.7 Å². The molecule has 0 amide bonds. The van der Waals surface area contributed by atoms with Gasteiger partial charge in [-0.15, -0.1) is 5.54 Å². The molecule has 3 aromatic carbocycles. The number of rotatable bonds is 17. The van der Waals surface area contributed by atoms with Crippen molar-refractivity contribution in [2.24, 2.45) is 7.05 Å². The molecule has 1 saturated heterocycles. The van der Waals surface area contributed by atoms with Crippen LogP contribution in [0.2, 0.25) is 21.7 Å². The summed E-state index contributed by atoms with van der Waals surface area (Å²) in [5.74, 6) is 4.45. The molecule has 4 heterocycles. The maximum absolute atomic E-state index is 7.27. The number of aryl methyl sites for hydroxylation is 3. The molecule has 1 fully saturated rings. The highest BCUT2D eigenvalue weighted by atomic mass is 127. The zero-order valence-corrected chi connectivity index (χ0v) is 46.5. The van der Waals surface area contributed by atoms with E-state index in [4.69, 9.17) is 29.2 Å². The van der Waals surface area contributed by atoms with Crippen LogP contribution in [0, 0.1) is 28.9 Å². The first-order valence-corrected chi connectivity index (χ1v) is 29.7. The highest BCUT2D eigenvalue weighted by Crippen LogP contribution is 2.42. The number of hydrogen-bond acceptors (Lipinski definition) is 7. The lowest BCUT2D eigenvalue weighted by Crippen LogP contribution is -2.66. The smallest absolute Gasteiger partial charge is 0.261 e. The van der Waals surface area contributed by atoms with Crippen molar-refractivity contribution >= 4 is 60.3 Å². The summed E-state index contributed by atoms with van der Waals surface area (Å²) >= 11 is 2.44. The standard InChI is InChI=1S/C54H74IN7O3Si2/c1-37(2)66(38(3)4,39(5)6)33-29-47-46-34-43(27-28-48(46)62(59-47)50-26-20-21-31-63-50)51-41(8)57-60(13)53(51)65-40(7)35-56-36-49-52(55)42(9)58-61(49)30-32-64-67(54(10,11)12,44-22-16-14-17-23-44)45-24-18-15-19-25-45/h14-19,22-25,27-28,34,37-40,50,56H,20-21,26,30-32,35-36H2,1-13H3/t40-,50?/m0/s1. The first-order valence-electron chi connectivity index (χ1n) is 24.5. The molecule has 1 aliphatic rings. The summed E-state index contributed by atoms with van der Waals surface area (Å²) in [5.41, 5.74) is 12.5. The fraction of sp³-hybridized carbons (Fsp3) is 0.500. The van der Waals surface area contributed by atoms with Crippen LogP contribution in [-0.2, 0) is 29.3 Å². The Labute approximate surface area is 416 Å². The van der Waals surface area contributed by atoms with Gasteiger partial charge in [0, 0.05) is 32.1 Å². The van der Waals surface area contributed by atoms with Gasteiger partial charge in [-0.25, -0.2) is 9.36 Å². The molecule has 0 radical (unpaired) electrons. The second-order valence-corrected chi connectivity index (χ2v) is 31.5. The van der Waals surface area contributed by atoms with Crippen LogP contribution in [0.1, 0.15) is 118 Å². The Balaban J connectivity index is 1.10. The van der Waals surface area contributed by atoms with E-state index in [9.17, 15) is 0 Å². The van der Waals surface area contributed by atoms with Crippen molar-refractivity contribution in [2.75, 3.05) is 19.8 Å². The quantitative estimate of drug-likeness (QED) is 0.0552. The summed E-state index contributed by atoms with van der Waals surface area (Å²) in [6, 6.07) is 28.3. The first kappa shape index (κ1) is 50.8. The van der Waals surface area contributed by atoms with Crippen molar-refractivity contribution in [3.05, 3.63) is 105 Å². The van der Waals surface area contributed by atoms with Crippen LogP contribution in [0.25, 0.3) is 22.0 Å². The Morgan fingerprint density at radius 3 is 2.07 bits per heavy atom. The van der Waals surface area contributed by atoms with Crippen molar-refractivity contribution in [3.8, 4) is 28.5 Å². The second kappa shape index (κ2) is 21.3. The highest BCUT2D eigenvalue weighted by Gasteiger charge is 2.50. The van der Waals surface area contributed by atoms with Gasteiger partial charge in [0.15, 0.2) is 6.23 Å². The van der Waals surface area contributed by atoms with E-state index in [2.05, 4.69) is 211 Å². The summed E-state index contributed by atoms with van der Waals surface area (Å²) < 4.78 is 27.6. The fourth-order valence-corrected chi connectivity index (χ4v) is 21.2. The molecule has 0 bridgehead atoms. The molecule has 0 saturated carbocycles. The first-order chi connectivity index (χ1) is 31.9. The molecule has 2 atom stereocenters. The molecular formula is C54H74IN7O3Si2. The van der Waals surface area contributed by atoms with Crippen LogP contribution in [0.5, 0.6) is 5.88 Å². The third kappa shape index (κ3) is 10.3. The third-order valence-electron chi connectivity index (χ3n) is 14.1. The van der Waals surface area contributed by atoms with E-state index in [0.29, 0.717) is 42.9 Å². The molecule has 0 spiro atoms. The van der Waals surface area contributed by atoms with Crippen molar-refractivity contribution in [3.63, 3.8) is 0 Å². The minimum Gasteiger partial charge on any atom is -0.473 e. The minimum absolute atomic E-state index is 0.0969. The van der Waals surface area contributed by atoms with Crippen LogP contribution in [0.15, 0.2) is 78.9 Å². The van der Waals surface area contributed by atoms with Crippen LogP contribution in [0.3, 0.4) is 0 Å². The van der Waals surface area contributed by atoms with Gasteiger partial charge in [0.1, 0.15) is 19.9 Å². The van der Waals surface area contributed by atoms with E-state index in [0.717, 1.165) is 80.1 Å². The molecule has 1 unspecified atom stereocenters. The van der Waals surface area contributed by atoms with Gasteiger partial charge in [0.2, 0.25) is 5.88 Å². The summed E-state index contributed by atoms with van der Waals surface area (Å²) in [4.78, 5) is 0. The Hall–Kier alpha value is -4.05. The number of hydrogen-bond donors (Lipinski definition) is 1. The molecular weight excluding hydrogens is 978 g/mol. The van der Waals surface area contributed by atoms with E-state index in [-0.39, 0.29) is 17.4 Å². The molecule has 358 valence electrons. The average molecular weight is 1050 g/mol. The number of nitrogens with zero attached hydrogens (tertiary/aromatic N) is 6. The zero-order valence-electron chi connectivity index (χ0n) is 42.3. The van der Waals surface area contributed by atoms with Crippen molar-refractivity contribution in [2.45, 2.75) is 149 Å². The molecule has 67 heavy (non-hydrogen) atoms. The Bertz CT molecular complexity index is 2610. The third-order valence-corrected chi connectivity index (χ3v) is 26.8. The maximum Gasteiger partial charge on any atom is 0.261 e. The number of benzene rings is 3. The number of halogens is 1. The van der Waals surface area contributed by atoms with Crippen molar-refractivity contribution < 1.29 is 13.9 Å². The maximum atomic E-state index is 7.27. The van der Waals surface area contributed by atoms with Crippen LogP contribution in [0.4, 0.5) is 0 Å². The van der Waals surface area contributed by atoms with Gasteiger partial charge in [-0.05, 0) is 112 Å². The van der Waals surface area contributed by atoms with Gasteiger partial charge in [-0.3, -0.25) is 4.68 Å². The van der Waals surface area contributed by atoms with Crippen molar-refractivity contribution in [1.82, 2.24) is 34.7 Å². The monoisotopic (exact) mass is 1050 g/mol. The molecule has 6 aromatic rings. The topological polar surface area (TPSA) is 93.2 Å². The van der Waals surface area contributed by atoms with Gasteiger partial charge in [-0.2, -0.15) is 15.3 Å². The number of ether oxygens (including phenoxy) is 2. The lowest BCUT2D eigenvalue weighted by atomic mass is 10.0. The minimum atomic E-state index is -2.68. The van der Waals surface area contributed by atoms with Gasteiger partial charge >= 0.3 is 0 Å². The highest BCUT2D eigenvalue weighted by molar-refractivity contribution is 14.1. The molecule has 1 N–H and O–H groups in total. The van der Waals surface area contributed by atoms with E-state index in [1.165, 1.54) is 10.4 Å². The lowest BCUT2D eigenvalue weighted by Gasteiger charge is -2.43. The van der Waals surface area contributed by atoms with E-state index >= 15 is 0 Å². The molecule has 0 aliphatic carbocycles. The second-order valence-electron chi connectivity index (χ2n) is 20.5. The number of fused-ring (bicyclic) bond motifs is 1. The SMILES string of the molecule is Cc1nn(CCO[Si](c2ccccc2)(c2ccccc2)C(C)(C)C)c(CNC[C@H](C)Oc2c(-c3ccc4c(c3)c(C#C[Si](C(C)C)(C(C)C)C(C)C)nn4C3CCCCO3)c(C)nn2C)c1I. The van der Waals surface area contributed by atoms with Crippen LogP contribution in [-0.4, -0.2) is 71.6 Å². The molecule has 13 heteroatoms. The Kier molecular flexibility index (Phi) is 16.2. The molecule has 3 aromatic heterocycles. The van der Waals surface area contributed by atoms with Gasteiger partial charge in [0.05, 0.1) is 44.9 Å². The zero-order chi connectivity index (χ0) is 48.3. The van der Waals surface area contributed by atoms with Gasteiger partial charge in [0.25, 0.3) is 8.32 Å². The van der Waals surface area contributed by atoms with E-state index in [1.54, 1.807) is 0 Å². The average Bonchev–Trinajstić information content (AvgIpc) is 3.89. The summed E-state index contributed by atoms with van der Waals surface area (Å²) in [7, 11) is -2.72. The van der Waals surface area contributed by atoms with Gasteiger partial charge in [-0.1, -0.05) is 135 Å². The van der Waals surface area contributed by atoms with Crippen LogP contribution >= 0.6 is 22.6 Å². The molecule has 7 rings (SSSR count).